The minimum atomic E-state index is -3.12. The Morgan fingerprint density at radius 1 is 1.16 bits per heavy atom. The van der Waals surface area contributed by atoms with Gasteiger partial charge in [-0.25, -0.2) is 13.2 Å². The lowest BCUT2D eigenvalue weighted by Gasteiger charge is -2.23. The maximum atomic E-state index is 12.1. The first kappa shape index (κ1) is 17.4. The van der Waals surface area contributed by atoms with Gasteiger partial charge in [-0.2, -0.15) is 0 Å². The van der Waals surface area contributed by atoms with Crippen LogP contribution in [0.15, 0.2) is 42.5 Å². The maximum absolute atomic E-state index is 12.1. The molecule has 1 unspecified atom stereocenters. The fourth-order valence-electron chi connectivity index (χ4n) is 3.01. The average Bonchev–Trinajstić information content (AvgIpc) is 2.85. The molecule has 0 radical (unpaired) electrons. The molecular formula is C18H19NO5S. The number of fused-ring (bicyclic) bond motifs is 1. The van der Waals surface area contributed by atoms with Gasteiger partial charge in [-0.05, 0) is 36.2 Å². The molecule has 6 nitrogen and oxygen atoms in total. The first-order chi connectivity index (χ1) is 11.8. The molecule has 0 spiro atoms. The van der Waals surface area contributed by atoms with Crippen molar-refractivity contribution in [2.45, 2.75) is 18.9 Å². The molecule has 1 atom stereocenters. The van der Waals surface area contributed by atoms with E-state index in [1.807, 2.05) is 30.3 Å². The Hall–Kier alpha value is -2.41. The van der Waals surface area contributed by atoms with Gasteiger partial charge in [0.25, 0.3) is 5.91 Å². The van der Waals surface area contributed by atoms with Crippen molar-refractivity contribution in [1.82, 2.24) is 5.32 Å². The van der Waals surface area contributed by atoms with Gasteiger partial charge in [0.1, 0.15) is 0 Å². The topological polar surface area (TPSA) is 89.5 Å². The van der Waals surface area contributed by atoms with E-state index in [9.17, 15) is 18.0 Å². The smallest absolute Gasteiger partial charge is 0.338 e. The molecule has 0 saturated carbocycles. The number of rotatable bonds is 4. The van der Waals surface area contributed by atoms with Crippen molar-refractivity contribution in [2.75, 3.05) is 18.1 Å². The number of benzene rings is 2. The number of sulfone groups is 1. The minimum absolute atomic E-state index is 0.0562. The number of esters is 1. The molecule has 1 amide bonds. The molecular weight excluding hydrogens is 342 g/mol. The summed E-state index contributed by atoms with van der Waals surface area (Å²) in [6, 6.07) is 12.8. The van der Waals surface area contributed by atoms with Gasteiger partial charge >= 0.3 is 5.97 Å². The van der Waals surface area contributed by atoms with E-state index in [1.165, 1.54) is 0 Å². The summed E-state index contributed by atoms with van der Waals surface area (Å²) in [5.74, 6) is -1.13. The third-order valence-corrected chi connectivity index (χ3v) is 6.17. The first-order valence-corrected chi connectivity index (χ1v) is 9.76. The molecule has 25 heavy (non-hydrogen) atoms. The number of hydrogen-bond donors (Lipinski definition) is 1. The summed E-state index contributed by atoms with van der Waals surface area (Å²) in [6.45, 7) is 1.24. The predicted octanol–water partition coefficient (Wildman–Crippen LogP) is 1.69. The van der Waals surface area contributed by atoms with E-state index in [0.29, 0.717) is 12.0 Å². The summed E-state index contributed by atoms with van der Waals surface area (Å²) in [6.07, 6.45) is 0.361. The first-order valence-electron chi connectivity index (χ1n) is 7.94. The standard InChI is InChI=1S/C18H19NO5S/c1-18(8-9-25(22,23)12-18)19-16(20)11-24-17(21)15-7-6-13-4-2-3-5-14(13)10-15/h2-7,10H,8-9,11-12H2,1H3,(H,19,20). The molecule has 0 aromatic heterocycles. The lowest BCUT2D eigenvalue weighted by atomic mass is 10.0. The summed E-state index contributed by atoms with van der Waals surface area (Å²) in [4.78, 5) is 24.1. The molecule has 3 rings (SSSR count). The number of amides is 1. The molecule has 2 aromatic rings. The molecule has 1 aliphatic rings. The van der Waals surface area contributed by atoms with Crippen LogP contribution < -0.4 is 5.32 Å². The van der Waals surface area contributed by atoms with Crippen molar-refractivity contribution >= 4 is 32.5 Å². The van der Waals surface area contributed by atoms with Crippen LogP contribution in [0.5, 0.6) is 0 Å². The van der Waals surface area contributed by atoms with Crippen LogP contribution in [0.4, 0.5) is 0 Å². The lowest BCUT2D eigenvalue weighted by Crippen LogP contribution is -2.48. The van der Waals surface area contributed by atoms with Crippen LogP contribution >= 0.6 is 0 Å². The largest absolute Gasteiger partial charge is 0.452 e. The zero-order valence-corrected chi connectivity index (χ0v) is 14.6. The molecule has 132 valence electrons. The highest BCUT2D eigenvalue weighted by Gasteiger charge is 2.39. The molecule has 1 fully saturated rings. The zero-order chi connectivity index (χ0) is 18.1. The maximum Gasteiger partial charge on any atom is 0.338 e. The SMILES string of the molecule is CC1(NC(=O)COC(=O)c2ccc3ccccc3c2)CCS(=O)(=O)C1. The molecule has 0 bridgehead atoms. The molecule has 1 aliphatic heterocycles. The van der Waals surface area contributed by atoms with Crippen LogP contribution in [0.1, 0.15) is 23.7 Å². The Labute approximate surface area is 146 Å². The normalized spacial score (nSPS) is 21.8. The highest BCUT2D eigenvalue weighted by Crippen LogP contribution is 2.22. The molecule has 7 heteroatoms. The summed E-state index contributed by atoms with van der Waals surface area (Å²) < 4.78 is 28.1. The second-order valence-electron chi connectivity index (χ2n) is 6.59. The Morgan fingerprint density at radius 2 is 1.88 bits per heavy atom. The van der Waals surface area contributed by atoms with Crippen molar-refractivity contribution in [3.8, 4) is 0 Å². The summed E-state index contributed by atoms with van der Waals surface area (Å²) in [5.41, 5.74) is -0.438. The van der Waals surface area contributed by atoms with E-state index < -0.39 is 33.9 Å². The lowest BCUT2D eigenvalue weighted by molar-refractivity contribution is -0.125. The predicted molar refractivity (Wildman–Crippen MR) is 94.0 cm³/mol. The van der Waals surface area contributed by atoms with E-state index in [-0.39, 0.29) is 11.5 Å². The Morgan fingerprint density at radius 3 is 2.56 bits per heavy atom. The highest BCUT2D eigenvalue weighted by atomic mass is 32.2. The molecule has 1 N–H and O–H groups in total. The van der Waals surface area contributed by atoms with Crippen LogP contribution in [-0.4, -0.2) is 43.9 Å². The number of nitrogens with one attached hydrogen (secondary N) is 1. The average molecular weight is 361 g/mol. The zero-order valence-electron chi connectivity index (χ0n) is 13.8. The van der Waals surface area contributed by atoms with E-state index >= 15 is 0 Å². The monoisotopic (exact) mass is 361 g/mol. The van der Waals surface area contributed by atoms with Crippen molar-refractivity contribution in [3.05, 3.63) is 48.0 Å². The quantitative estimate of drug-likeness (QED) is 0.837. The Balaban J connectivity index is 1.59. The fourth-order valence-corrected chi connectivity index (χ4v) is 5.11. The van der Waals surface area contributed by atoms with E-state index in [0.717, 1.165) is 10.8 Å². The fraction of sp³-hybridized carbons (Fsp3) is 0.333. The van der Waals surface area contributed by atoms with Crippen molar-refractivity contribution < 1.29 is 22.7 Å². The molecule has 1 heterocycles. The second-order valence-corrected chi connectivity index (χ2v) is 8.77. The molecule has 0 aliphatic carbocycles. The molecule has 1 saturated heterocycles. The third kappa shape index (κ3) is 4.17. The third-order valence-electron chi connectivity index (χ3n) is 4.26. The van der Waals surface area contributed by atoms with E-state index in [2.05, 4.69) is 5.32 Å². The number of carbonyl (C=O) groups is 2. The summed E-state index contributed by atoms with van der Waals surface area (Å²) in [7, 11) is -3.12. The van der Waals surface area contributed by atoms with Gasteiger partial charge < -0.3 is 10.1 Å². The summed E-state index contributed by atoms with van der Waals surface area (Å²) >= 11 is 0. The Kier molecular flexibility index (Phi) is 4.51. The highest BCUT2D eigenvalue weighted by molar-refractivity contribution is 7.91. The Bertz CT molecular complexity index is 937. The van der Waals surface area contributed by atoms with Crippen LogP contribution in [0, 0.1) is 0 Å². The van der Waals surface area contributed by atoms with Gasteiger partial charge in [-0.3, -0.25) is 4.79 Å². The van der Waals surface area contributed by atoms with Crippen molar-refractivity contribution in [2.24, 2.45) is 0 Å². The van der Waals surface area contributed by atoms with Gasteiger partial charge in [-0.15, -0.1) is 0 Å². The van der Waals surface area contributed by atoms with Gasteiger partial charge in [0.2, 0.25) is 0 Å². The second kappa shape index (κ2) is 6.48. The van der Waals surface area contributed by atoms with Crippen LogP contribution in [0.25, 0.3) is 10.8 Å². The van der Waals surface area contributed by atoms with Crippen LogP contribution in [0.2, 0.25) is 0 Å². The molecule has 2 aromatic carbocycles. The van der Waals surface area contributed by atoms with Gasteiger partial charge in [-0.1, -0.05) is 30.3 Å². The number of hydrogen-bond acceptors (Lipinski definition) is 5. The van der Waals surface area contributed by atoms with E-state index in [1.54, 1.807) is 19.1 Å². The van der Waals surface area contributed by atoms with Gasteiger partial charge in [0.15, 0.2) is 16.4 Å². The van der Waals surface area contributed by atoms with Gasteiger partial charge in [0.05, 0.1) is 22.6 Å². The summed E-state index contributed by atoms with van der Waals surface area (Å²) in [5, 5.41) is 4.57. The van der Waals surface area contributed by atoms with Crippen molar-refractivity contribution in [1.29, 1.82) is 0 Å². The van der Waals surface area contributed by atoms with Crippen molar-refractivity contribution in [3.63, 3.8) is 0 Å². The van der Waals surface area contributed by atoms with Crippen LogP contribution in [-0.2, 0) is 19.4 Å². The number of carbonyl (C=O) groups excluding carboxylic acids is 2. The minimum Gasteiger partial charge on any atom is -0.452 e. The van der Waals surface area contributed by atoms with Gasteiger partial charge in [0, 0.05) is 0 Å². The van der Waals surface area contributed by atoms with Crippen LogP contribution in [0.3, 0.4) is 0 Å². The number of ether oxygens (including phenoxy) is 1. The van der Waals surface area contributed by atoms with E-state index in [4.69, 9.17) is 4.74 Å².